The average molecular weight is 466 g/mol. The molecular weight excluding hydrogens is 446 g/mol. The standard InChI is InChI=1S/C24H20ClN3O3S/c1-4-18-26-27-24(32-18)28-20(14-7-5-13(6-8-14)12(2)3)19-21(29)16-11-15(25)9-10-17(16)31-22(19)23(28)30/h5-12,20H,4H2,1-3H3/t20-/m0/s1. The van der Waals surface area contributed by atoms with Crippen molar-refractivity contribution in [3.63, 3.8) is 0 Å². The largest absolute Gasteiger partial charge is 0.450 e. The molecule has 6 nitrogen and oxygen atoms in total. The summed E-state index contributed by atoms with van der Waals surface area (Å²) in [6, 6.07) is 12.1. The van der Waals surface area contributed by atoms with E-state index in [4.69, 9.17) is 16.0 Å². The van der Waals surface area contributed by atoms with Crippen LogP contribution in [0.4, 0.5) is 5.13 Å². The van der Waals surface area contributed by atoms with Crippen molar-refractivity contribution in [3.8, 4) is 0 Å². The molecule has 32 heavy (non-hydrogen) atoms. The second kappa shape index (κ2) is 7.83. The van der Waals surface area contributed by atoms with Crippen molar-refractivity contribution in [1.29, 1.82) is 0 Å². The molecule has 0 radical (unpaired) electrons. The number of carbonyl (C=O) groups is 1. The van der Waals surface area contributed by atoms with E-state index in [1.54, 1.807) is 18.2 Å². The monoisotopic (exact) mass is 465 g/mol. The summed E-state index contributed by atoms with van der Waals surface area (Å²) in [5.74, 6) is 0.00535. The molecule has 1 aliphatic heterocycles. The van der Waals surface area contributed by atoms with E-state index in [9.17, 15) is 9.59 Å². The third kappa shape index (κ3) is 3.24. The molecule has 0 fully saturated rings. The van der Waals surface area contributed by atoms with Crippen molar-refractivity contribution in [1.82, 2.24) is 10.2 Å². The van der Waals surface area contributed by atoms with Gasteiger partial charge in [-0.3, -0.25) is 14.5 Å². The maximum Gasteiger partial charge on any atom is 0.297 e. The van der Waals surface area contributed by atoms with E-state index in [1.165, 1.54) is 21.8 Å². The molecule has 5 rings (SSSR count). The van der Waals surface area contributed by atoms with Gasteiger partial charge in [-0.25, -0.2) is 0 Å². The second-order valence-corrected chi connectivity index (χ2v) is 9.52. The zero-order chi connectivity index (χ0) is 22.6. The minimum Gasteiger partial charge on any atom is -0.450 e. The van der Waals surface area contributed by atoms with Crippen LogP contribution in [0, 0.1) is 0 Å². The molecule has 1 aliphatic rings. The number of anilines is 1. The Morgan fingerprint density at radius 2 is 1.88 bits per heavy atom. The maximum atomic E-state index is 13.6. The van der Waals surface area contributed by atoms with Crippen LogP contribution in [0.25, 0.3) is 11.0 Å². The van der Waals surface area contributed by atoms with Crippen LogP contribution >= 0.6 is 22.9 Å². The number of nitrogens with zero attached hydrogens (tertiary/aromatic N) is 3. The lowest BCUT2D eigenvalue weighted by Gasteiger charge is -2.22. The fourth-order valence-corrected chi connectivity index (χ4v) is 4.98. The number of carbonyl (C=O) groups excluding carboxylic acids is 1. The normalized spacial score (nSPS) is 15.7. The second-order valence-electron chi connectivity index (χ2n) is 8.05. The van der Waals surface area contributed by atoms with Crippen LogP contribution < -0.4 is 10.3 Å². The van der Waals surface area contributed by atoms with Gasteiger partial charge in [0.1, 0.15) is 10.6 Å². The first-order valence-electron chi connectivity index (χ1n) is 10.4. The summed E-state index contributed by atoms with van der Waals surface area (Å²) in [5, 5.41) is 10.5. The number of aromatic nitrogens is 2. The Kier molecular flexibility index (Phi) is 5.10. The van der Waals surface area contributed by atoms with Gasteiger partial charge in [0.2, 0.25) is 10.9 Å². The van der Waals surface area contributed by atoms with Crippen LogP contribution in [0.2, 0.25) is 5.02 Å². The number of hydrogen-bond acceptors (Lipinski definition) is 6. The van der Waals surface area contributed by atoms with Gasteiger partial charge in [0.25, 0.3) is 5.91 Å². The van der Waals surface area contributed by atoms with Crippen molar-refractivity contribution in [2.75, 3.05) is 4.90 Å². The van der Waals surface area contributed by atoms with E-state index in [-0.39, 0.29) is 11.2 Å². The summed E-state index contributed by atoms with van der Waals surface area (Å²) >= 11 is 7.48. The summed E-state index contributed by atoms with van der Waals surface area (Å²) in [5.41, 5.74) is 2.34. The predicted molar refractivity (Wildman–Crippen MR) is 126 cm³/mol. The third-order valence-corrected chi connectivity index (χ3v) is 7.02. The van der Waals surface area contributed by atoms with E-state index < -0.39 is 11.9 Å². The van der Waals surface area contributed by atoms with Crippen LogP contribution in [0.15, 0.2) is 51.7 Å². The zero-order valence-electron chi connectivity index (χ0n) is 17.8. The molecule has 4 aromatic rings. The van der Waals surface area contributed by atoms with Gasteiger partial charge in [0.15, 0.2) is 5.43 Å². The van der Waals surface area contributed by atoms with Gasteiger partial charge < -0.3 is 4.42 Å². The van der Waals surface area contributed by atoms with Crippen molar-refractivity contribution in [3.05, 3.63) is 85.2 Å². The number of fused-ring (bicyclic) bond motifs is 2. The first kappa shape index (κ1) is 20.8. The van der Waals surface area contributed by atoms with Crippen LogP contribution in [0.5, 0.6) is 0 Å². The lowest BCUT2D eigenvalue weighted by atomic mass is 9.95. The molecule has 2 aromatic carbocycles. The van der Waals surface area contributed by atoms with E-state index in [1.807, 2.05) is 31.2 Å². The predicted octanol–water partition coefficient (Wildman–Crippen LogP) is 5.73. The van der Waals surface area contributed by atoms with Gasteiger partial charge >= 0.3 is 0 Å². The van der Waals surface area contributed by atoms with Gasteiger partial charge in [-0.05, 0) is 41.7 Å². The minimum absolute atomic E-state index is 0.0380. The molecule has 2 aromatic heterocycles. The first-order valence-corrected chi connectivity index (χ1v) is 11.6. The molecule has 162 valence electrons. The van der Waals surface area contributed by atoms with Crippen LogP contribution in [-0.4, -0.2) is 16.1 Å². The molecule has 0 unspecified atom stereocenters. The molecule has 1 atom stereocenters. The fraction of sp³-hybridized carbons (Fsp3) is 0.250. The Bertz CT molecular complexity index is 1410. The highest BCUT2D eigenvalue weighted by Crippen LogP contribution is 2.42. The van der Waals surface area contributed by atoms with Crippen molar-refractivity contribution >= 4 is 44.9 Å². The summed E-state index contributed by atoms with van der Waals surface area (Å²) in [6.45, 7) is 6.22. The van der Waals surface area contributed by atoms with Gasteiger partial charge in [-0.15, -0.1) is 10.2 Å². The number of aryl methyl sites for hydroxylation is 1. The average Bonchev–Trinajstić information content (AvgIpc) is 3.37. The molecule has 0 aliphatic carbocycles. The topological polar surface area (TPSA) is 76.3 Å². The lowest BCUT2D eigenvalue weighted by molar-refractivity contribution is 0.0970. The Morgan fingerprint density at radius 3 is 2.53 bits per heavy atom. The Labute approximate surface area is 193 Å². The quantitative estimate of drug-likeness (QED) is 0.384. The molecule has 3 heterocycles. The molecule has 1 amide bonds. The SMILES string of the molecule is CCc1nnc(N2C(=O)c3oc4ccc(Cl)cc4c(=O)c3[C@@H]2c2ccc(C(C)C)cc2)s1. The number of benzene rings is 2. The number of halogens is 1. The molecule has 0 spiro atoms. The molecule has 8 heteroatoms. The number of amides is 1. The van der Waals surface area contributed by atoms with Crippen LogP contribution in [0.3, 0.4) is 0 Å². The lowest BCUT2D eigenvalue weighted by Crippen LogP contribution is -2.29. The molecule has 0 saturated carbocycles. The summed E-state index contributed by atoms with van der Waals surface area (Å²) < 4.78 is 5.96. The van der Waals surface area contributed by atoms with Crippen molar-refractivity contribution in [2.24, 2.45) is 0 Å². The number of rotatable bonds is 4. The maximum absolute atomic E-state index is 13.6. The van der Waals surface area contributed by atoms with E-state index in [0.29, 0.717) is 39.0 Å². The van der Waals surface area contributed by atoms with E-state index >= 15 is 0 Å². The van der Waals surface area contributed by atoms with Crippen LogP contribution in [0.1, 0.15) is 65.0 Å². The Morgan fingerprint density at radius 1 is 1.12 bits per heavy atom. The van der Waals surface area contributed by atoms with E-state index in [2.05, 4.69) is 24.0 Å². The summed E-state index contributed by atoms with van der Waals surface area (Å²) in [7, 11) is 0. The Balaban J connectivity index is 1.77. The van der Waals surface area contributed by atoms with Gasteiger partial charge in [0.05, 0.1) is 17.0 Å². The summed E-state index contributed by atoms with van der Waals surface area (Å²) in [6.07, 6.45) is 0.708. The Hall–Kier alpha value is -3.03. The first-order chi connectivity index (χ1) is 15.4. The zero-order valence-corrected chi connectivity index (χ0v) is 19.3. The molecule has 0 N–H and O–H groups in total. The number of hydrogen-bond donors (Lipinski definition) is 0. The van der Waals surface area contributed by atoms with Gasteiger partial charge in [0, 0.05) is 5.02 Å². The molecule has 0 bridgehead atoms. The molecule has 0 saturated heterocycles. The highest BCUT2D eigenvalue weighted by molar-refractivity contribution is 7.15. The van der Waals surface area contributed by atoms with Gasteiger partial charge in [-0.1, -0.05) is 68.0 Å². The van der Waals surface area contributed by atoms with E-state index in [0.717, 1.165) is 10.6 Å². The van der Waals surface area contributed by atoms with Crippen molar-refractivity contribution in [2.45, 2.75) is 39.2 Å². The minimum atomic E-state index is -0.656. The molecular formula is C24H20ClN3O3S. The smallest absolute Gasteiger partial charge is 0.297 e. The highest BCUT2D eigenvalue weighted by atomic mass is 35.5. The van der Waals surface area contributed by atoms with Crippen LogP contribution in [-0.2, 0) is 6.42 Å². The summed E-state index contributed by atoms with van der Waals surface area (Å²) in [4.78, 5) is 28.6. The fourth-order valence-electron chi connectivity index (χ4n) is 4.01. The third-order valence-electron chi connectivity index (χ3n) is 5.72. The highest BCUT2D eigenvalue weighted by Gasteiger charge is 2.45. The van der Waals surface area contributed by atoms with Gasteiger partial charge in [-0.2, -0.15) is 0 Å². The van der Waals surface area contributed by atoms with Crippen molar-refractivity contribution < 1.29 is 9.21 Å².